The fourth-order valence-corrected chi connectivity index (χ4v) is 0.714. The average molecular weight is 227 g/mol. The first-order chi connectivity index (χ1) is 7.38. The number of rotatable bonds is 6. The summed E-state index contributed by atoms with van der Waals surface area (Å²) in [6.45, 7) is 10.1. The summed E-state index contributed by atoms with van der Waals surface area (Å²) in [6, 6.07) is 0. The molecule has 0 amide bonds. The van der Waals surface area contributed by atoms with E-state index in [1.807, 2.05) is 0 Å². The minimum Gasteiger partial charge on any atom is -0.420 e. The van der Waals surface area contributed by atoms with Gasteiger partial charge in [0.15, 0.2) is 0 Å². The number of ether oxygens (including phenoxy) is 2. The summed E-state index contributed by atoms with van der Waals surface area (Å²) in [7, 11) is 1.65. The topological polar surface area (TPSA) is 64.6 Å². The van der Waals surface area contributed by atoms with Gasteiger partial charge < -0.3 is 14.8 Å². The van der Waals surface area contributed by atoms with E-state index >= 15 is 0 Å². The third-order valence-corrected chi connectivity index (χ3v) is 1.54. The van der Waals surface area contributed by atoms with Gasteiger partial charge in [-0.1, -0.05) is 13.2 Å². The van der Waals surface area contributed by atoms with E-state index < -0.39 is 18.2 Å². The molecular weight excluding hydrogens is 210 g/mol. The number of carbonyl (C=O) groups is 2. The molecule has 0 aliphatic heterocycles. The van der Waals surface area contributed by atoms with Gasteiger partial charge >= 0.3 is 11.9 Å². The molecule has 90 valence electrons. The van der Waals surface area contributed by atoms with Crippen LogP contribution >= 0.6 is 0 Å². The van der Waals surface area contributed by atoms with Gasteiger partial charge in [-0.3, -0.25) is 0 Å². The Morgan fingerprint density at radius 1 is 1.12 bits per heavy atom. The average Bonchev–Trinajstić information content (AvgIpc) is 2.17. The van der Waals surface area contributed by atoms with Gasteiger partial charge in [0.05, 0.1) is 6.54 Å². The predicted octanol–water partition coefficient (Wildman–Crippen LogP) is 0.770. The van der Waals surface area contributed by atoms with Crippen molar-refractivity contribution in [1.29, 1.82) is 0 Å². The van der Waals surface area contributed by atoms with E-state index in [0.717, 1.165) is 0 Å². The predicted molar refractivity (Wildman–Crippen MR) is 59.5 cm³/mol. The molecule has 0 heterocycles. The highest BCUT2D eigenvalue weighted by molar-refractivity contribution is 5.88. The zero-order chi connectivity index (χ0) is 12.7. The Morgan fingerprint density at radius 2 is 1.50 bits per heavy atom. The van der Waals surface area contributed by atoms with Crippen molar-refractivity contribution in [2.75, 3.05) is 13.6 Å². The van der Waals surface area contributed by atoms with Crippen molar-refractivity contribution in [3.63, 3.8) is 0 Å². The molecule has 0 saturated carbocycles. The molecule has 0 fully saturated rings. The van der Waals surface area contributed by atoms with Gasteiger partial charge in [0.2, 0.25) is 0 Å². The molecule has 0 rings (SSSR count). The monoisotopic (exact) mass is 227 g/mol. The van der Waals surface area contributed by atoms with Crippen LogP contribution in [0.4, 0.5) is 0 Å². The van der Waals surface area contributed by atoms with Gasteiger partial charge in [0, 0.05) is 11.1 Å². The lowest BCUT2D eigenvalue weighted by Gasteiger charge is -2.17. The maximum absolute atomic E-state index is 11.2. The summed E-state index contributed by atoms with van der Waals surface area (Å²) in [5, 5.41) is 2.74. The van der Waals surface area contributed by atoms with Crippen molar-refractivity contribution in [1.82, 2.24) is 5.32 Å². The largest absolute Gasteiger partial charge is 0.420 e. The highest BCUT2D eigenvalue weighted by Crippen LogP contribution is 2.03. The number of likely N-dealkylation sites (N-methyl/N-ethyl adjacent to an activating group) is 1. The van der Waals surface area contributed by atoms with E-state index in [9.17, 15) is 9.59 Å². The maximum atomic E-state index is 11.2. The summed E-state index contributed by atoms with van der Waals surface area (Å²) >= 11 is 0. The molecule has 0 aliphatic carbocycles. The number of carbonyl (C=O) groups excluding carboxylic acids is 2. The van der Waals surface area contributed by atoms with E-state index in [1.165, 1.54) is 13.8 Å². The number of esters is 2. The number of hydrogen-bond donors (Lipinski definition) is 1. The molecular formula is C11H17NO4. The van der Waals surface area contributed by atoms with Crippen molar-refractivity contribution in [2.24, 2.45) is 0 Å². The van der Waals surface area contributed by atoms with Crippen LogP contribution in [0.25, 0.3) is 0 Å². The summed E-state index contributed by atoms with van der Waals surface area (Å²) in [5.74, 6) is -1.20. The lowest BCUT2D eigenvalue weighted by molar-refractivity contribution is -0.181. The first kappa shape index (κ1) is 14.4. The standard InChI is InChI=1S/C11H17NO4/c1-7(2)10(13)15-9(6-12-5)16-11(14)8(3)4/h9,12H,1,3,6H2,2,4-5H3. The second-order valence-corrected chi connectivity index (χ2v) is 3.36. The molecule has 0 bridgehead atoms. The summed E-state index contributed by atoms with van der Waals surface area (Å²) in [5.41, 5.74) is 0.486. The zero-order valence-corrected chi connectivity index (χ0v) is 9.83. The summed E-state index contributed by atoms with van der Waals surface area (Å²) in [4.78, 5) is 22.4. The van der Waals surface area contributed by atoms with Crippen molar-refractivity contribution in [3.8, 4) is 0 Å². The molecule has 0 spiro atoms. The van der Waals surface area contributed by atoms with Crippen LogP contribution in [0, 0.1) is 0 Å². The Kier molecular flexibility index (Phi) is 6.10. The van der Waals surface area contributed by atoms with Crippen molar-refractivity contribution in [2.45, 2.75) is 20.1 Å². The Bertz CT molecular complexity index is 281. The molecule has 5 heteroatoms. The molecule has 0 radical (unpaired) electrons. The molecule has 0 atom stereocenters. The summed E-state index contributed by atoms with van der Waals surface area (Å²) in [6.07, 6.45) is -0.974. The molecule has 0 aromatic heterocycles. The quantitative estimate of drug-likeness (QED) is 0.412. The Morgan fingerprint density at radius 3 is 1.75 bits per heavy atom. The molecule has 1 N–H and O–H groups in total. The van der Waals surface area contributed by atoms with Crippen LogP contribution in [0.15, 0.2) is 24.3 Å². The third kappa shape index (κ3) is 5.31. The molecule has 0 aromatic carbocycles. The molecule has 5 nitrogen and oxygen atoms in total. The molecule has 0 saturated heterocycles. The Balaban J connectivity index is 4.38. The fraction of sp³-hybridized carbons (Fsp3) is 0.455. The third-order valence-electron chi connectivity index (χ3n) is 1.54. The van der Waals surface area contributed by atoms with Gasteiger partial charge in [-0.15, -0.1) is 0 Å². The first-order valence-electron chi connectivity index (χ1n) is 4.76. The number of nitrogens with one attached hydrogen (secondary N) is 1. The fourth-order valence-electron chi connectivity index (χ4n) is 0.714. The molecule has 0 unspecified atom stereocenters. The van der Waals surface area contributed by atoms with Crippen LogP contribution in [-0.2, 0) is 19.1 Å². The highest BCUT2D eigenvalue weighted by atomic mass is 16.7. The smallest absolute Gasteiger partial charge is 0.336 e. The van der Waals surface area contributed by atoms with E-state index in [-0.39, 0.29) is 17.7 Å². The van der Waals surface area contributed by atoms with Gasteiger partial charge in [0.1, 0.15) is 0 Å². The zero-order valence-electron chi connectivity index (χ0n) is 9.83. The number of hydrogen-bond acceptors (Lipinski definition) is 5. The highest BCUT2D eigenvalue weighted by Gasteiger charge is 2.18. The van der Waals surface area contributed by atoms with Crippen molar-refractivity contribution in [3.05, 3.63) is 24.3 Å². The second kappa shape index (κ2) is 6.79. The lowest BCUT2D eigenvalue weighted by atomic mass is 10.3. The van der Waals surface area contributed by atoms with E-state index in [2.05, 4.69) is 18.5 Å². The SMILES string of the molecule is C=C(C)C(=O)OC(CNC)OC(=O)C(=C)C. The van der Waals surface area contributed by atoms with Crippen molar-refractivity contribution >= 4 is 11.9 Å². The lowest BCUT2D eigenvalue weighted by Crippen LogP contribution is -2.33. The van der Waals surface area contributed by atoms with Crippen molar-refractivity contribution < 1.29 is 19.1 Å². The molecule has 16 heavy (non-hydrogen) atoms. The Hall–Kier alpha value is -1.62. The van der Waals surface area contributed by atoms with Crippen LogP contribution in [0.2, 0.25) is 0 Å². The van der Waals surface area contributed by atoms with E-state index in [1.54, 1.807) is 7.05 Å². The van der Waals surface area contributed by atoms with Crippen LogP contribution < -0.4 is 5.32 Å². The molecule has 0 aromatic rings. The molecule has 0 aliphatic rings. The van der Waals surface area contributed by atoms with Gasteiger partial charge in [-0.2, -0.15) is 0 Å². The first-order valence-corrected chi connectivity index (χ1v) is 4.76. The van der Waals surface area contributed by atoms with Gasteiger partial charge in [0.25, 0.3) is 6.29 Å². The van der Waals surface area contributed by atoms with Gasteiger partial charge in [-0.05, 0) is 20.9 Å². The Labute approximate surface area is 95.1 Å². The van der Waals surface area contributed by atoms with E-state index in [0.29, 0.717) is 0 Å². The van der Waals surface area contributed by atoms with Gasteiger partial charge in [-0.25, -0.2) is 9.59 Å². The second-order valence-electron chi connectivity index (χ2n) is 3.36. The van der Waals surface area contributed by atoms with Crippen LogP contribution in [-0.4, -0.2) is 31.8 Å². The van der Waals surface area contributed by atoms with E-state index in [4.69, 9.17) is 9.47 Å². The minimum absolute atomic E-state index is 0.206. The summed E-state index contributed by atoms with van der Waals surface area (Å²) < 4.78 is 9.78. The maximum Gasteiger partial charge on any atom is 0.336 e. The van der Waals surface area contributed by atoms with Crippen LogP contribution in [0.1, 0.15) is 13.8 Å². The normalized spacial score (nSPS) is 9.75. The minimum atomic E-state index is -0.974. The van der Waals surface area contributed by atoms with Crippen LogP contribution in [0.5, 0.6) is 0 Å². The van der Waals surface area contributed by atoms with Crippen LogP contribution in [0.3, 0.4) is 0 Å².